The first-order valence-corrected chi connectivity index (χ1v) is 23.0. The van der Waals surface area contributed by atoms with Crippen LogP contribution in [0, 0.1) is 13.8 Å². The van der Waals surface area contributed by atoms with Crippen LogP contribution in [0.25, 0.3) is 11.1 Å². The van der Waals surface area contributed by atoms with Crippen LogP contribution in [0.2, 0.25) is 12.1 Å². The summed E-state index contributed by atoms with van der Waals surface area (Å²) in [7, 11) is 0. The number of rotatable bonds is 8. The molecule has 38 heavy (non-hydrogen) atoms. The van der Waals surface area contributed by atoms with Crippen molar-refractivity contribution in [3.63, 3.8) is 0 Å². The second kappa shape index (κ2) is 14.0. The molecule has 0 saturated heterocycles. The summed E-state index contributed by atoms with van der Waals surface area (Å²) < 4.78 is 1.50. The average Bonchev–Trinajstić information content (AvgIpc) is 3.28. The molecule has 0 heterocycles. The van der Waals surface area contributed by atoms with Crippen LogP contribution in [-0.2, 0) is 33.2 Å². The Morgan fingerprint density at radius 1 is 0.605 bits per heavy atom. The Hall–Kier alpha value is -0.400. The van der Waals surface area contributed by atoms with Gasteiger partial charge in [-0.15, -0.1) is 0 Å². The Labute approximate surface area is 254 Å². The van der Waals surface area contributed by atoms with Crippen molar-refractivity contribution in [1.29, 1.82) is 0 Å². The second-order valence-electron chi connectivity index (χ2n) is 11.4. The van der Waals surface area contributed by atoms with Crippen LogP contribution in [0.15, 0.2) is 35.4 Å². The monoisotopic (exact) mass is 644 g/mol. The van der Waals surface area contributed by atoms with Gasteiger partial charge in [0.25, 0.3) is 0 Å². The van der Waals surface area contributed by atoms with Crippen molar-refractivity contribution in [1.82, 2.24) is 0 Å². The van der Waals surface area contributed by atoms with Gasteiger partial charge in [0.2, 0.25) is 0 Å². The topological polar surface area (TPSA) is 0 Å². The van der Waals surface area contributed by atoms with Crippen LogP contribution >= 0.6 is 0 Å². The zero-order valence-corrected chi connectivity index (χ0v) is 30.4. The molecular weight excluding hydrogens is 599 g/mol. The summed E-state index contributed by atoms with van der Waals surface area (Å²) in [5, 5.41) is 0. The van der Waals surface area contributed by atoms with E-state index in [0.29, 0.717) is 0 Å². The fourth-order valence-electron chi connectivity index (χ4n) is 7.39. The van der Waals surface area contributed by atoms with Crippen molar-refractivity contribution in [3.8, 4) is 0 Å². The minimum atomic E-state index is -2.09. The number of halogens is 2. The van der Waals surface area contributed by atoms with Gasteiger partial charge in [0.05, 0.1) is 0 Å². The van der Waals surface area contributed by atoms with Crippen molar-refractivity contribution in [3.05, 3.63) is 79.9 Å². The standard InChI is InChI=1S/2C15H19.C4H10Si.2ClH.Zr/c2*1-5-6-13-8-7-10(2)14-9-11(3)12(4)15(13)14;1-3-5-4-2;;;/h2*7-9H,5-6H2,1-4H3;3-4H2,1-2H3;2*1H;/q;;;;;+2/p-2. The maximum atomic E-state index is 2.53. The van der Waals surface area contributed by atoms with Crippen LogP contribution in [0.3, 0.4) is 0 Å². The molecular formula is C34H48Cl2SiZr. The van der Waals surface area contributed by atoms with Gasteiger partial charge in [-0.3, -0.25) is 0 Å². The molecule has 2 aliphatic carbocycles. The van der Waals surface area contributed by atoms with E-state index in [0.717, 1.165) is 7.25 Å². The van der Waals surface area contributed by atoms with Crippen molar-refractivity contribution < 1.29 is 45.2 Å². The quantitative estimate of drug-likeness (QED) is 0.377. The van der Waals surface area contributed by atoms with Crippen molar-refractivity contribution in [2.75, 3.05) is 0 Å². The van der Waals surface area contributed by atoms with E-state index in [1.54, 1.807) is 66.8 Å². The van der Waals surface area contributed by atoms with Crippen LogP contribution in [-0.4, -0.2) is 5.43 Å². The summed E-state index contributed by atoms with van der Waals surface area (Å²) in [6.07, 6.45) is 4.88. The Morgan fingerprint density at radius 3 is 1.29 bits per heavy atom. The van der Waals surface area contributed by atoms with Gasteiger partial charge in [-0.2, -0.15) is 0 Å². The predicted molar refractivity (Wildman–Crippen MR) is 159 cm³/mol. The summed E-state index contributed by atoms with van der Waals surface area (Å²) in [6.45, 7) is 24.5. The molecule has 2 atom stereocenters. The molecule has 0 aromatic heterocycles. The summed E-state index contributed by atoms with van der Waals surface area (Å²) in [6, 6.07) is 12.7. The van der Waals surface area contributed by atoms with Gasteiger partial charge in [-0.1, -0.05) is 0 Å². The number of aryl methyl sites for hydroxylation is 4. The van der Waals surface area contributed by atoms with Crippen molar-refractivity contribution >= 4 is 16.6 Å². The van der Waals surface area contributed by atoms with Crippen LogP contribution in [0.4, 0.5) is 0 Å². The summed E-state index contributed by atoms with van der Waals surface area (Å²) in [5.74, 6) is 0. The van der Waals surface area contributed by atoms with E-state index in [1.807, 2.05) is 0 Å². The maximum absolute atomic E-state index is 2.53. The van der Waals surface area contributed by atoms with Gasteiger partial charge in [0.15, 0.2) is 0 Å². The number of hydrogen-bond acceptors (Lipinski definition) is 0. The Kier molecular flexibility index (Phi) is 12.4. The molecule has 206 valence electrons. The third-order valence-corrected chi connectivity index (χ3v) is 33.2. The third kappa shape index (κ3) is 5.55. The second-order valence-corrected chi connectivity index (χ2v) is 27.7. The minimum absolute atomic E-state index is 0. The van der Waals surface area contributed by atoms with E-state index in [-0.39, 0.29) is 30.2 Å². The molecule has 0 N–H and O–H groups in total. The molecule has 2 aliphatic rings. The SMILES string of the molecule is CCCc1ccc(C)c2c1C(C)=C(C)[CH]2[Zr+2]([CH]1C(C)=C(C)c2c(CCC)ccc(C)c21)=[Si](CC)CC.[Cl-].[Cl-]. The number of benzene rings is 2. The number of hydrogen-bond donors (Lipinski definition) is 0. The Balaban J connectivity index is 0.00000253. The fourth-order valence-corrected chi connectivity index (χ4v) is 33.4. The van der Waals surface area contributed by atoms with Gasteiger partial charge in [0.1, 0.15) is 0 Å². The number of fused-ring (bicyclic) bond motifs is 2. The molecule has 0 bridgehead atoms. The summed E-state index contributed by atoms with van der Waals surface area (Å²) in [4.78, 5) is 0. The molecule has 0 amide bonds. The Morgan fingerprint density at radius 2 is 0.974 bits per heavy atom. The first-order valence-electron chi connectivity index (χ1n) is 14.5. The normalized spacial score (nSPS) is 17.5. The summed E-state index contributed by atoms with van der Waals surface area (Å²) >= 11 is -2.09. The third-order valence-electron chi connectivity index (χ3n) is 9.40. The van der Waals surface area contributed by atoms with E-state index in [2.05, 4.69) is 93.5 Å². The van der Waals surface area contributed by atoms with Gasteiger partial charge in [-0.25, -0.2) is 0 Å². The molecule has 0 fully saturated rings. The van der Waals surface area contributed by atoms with Crippen LogP contribution in [0.5, 0.6) is 0 Å². The fraction of sp³-hybridized carbons (Fsp3) is 0.529. The average molecular weight is 647 g/mol. The van der Waals surface area contributed by atoms with E-state index in [4.69, 9.17) is 0 Å². The van der Waals surface area contributed by atoms with Crippen molar-refractivity contribution in [2.24, 2.45) is 0 Å². The first kappa shape index (κ1) is 33.8. The molecule has 4 heteroatoms. The molecule has 2 aromatic carbocycles. The van der Waals surface area contributed by atoms with Crippen LogP contribution < -0.4 is 24.8 Å². The Bertz CT molecular complexity index is 1200. The number of allylic oxidation sites excluding steroid dienone is 4. The van der Waals surface area contributed by atoms with Crippen molar-refractivity contribution in [2.45, 2.75) is 114 Å². The zero-order valence-electron chi connectivity index (χ0n) is 25.5. The van der Waals surface area contributed by atoms with Gasteiger partial charge in [0, 0.05) is 0 Å². The molecule has 0 aliphatic heterocycles. The molecule has 2 aromatic rings. The molecule has 0 saturated carbocycles. The molecule has 2 unspecified atom stereocenters. The molecule has 4 rings (SSSR count). The molecule has 0 nitrogen and oxygen atoms in total. The smallest absolute Gasteiger partial charge is 1.00 e. The molecule has 0 radical (unpaired) electrons. The maximum Gasteiger partial charge on any atom is -1.00 e. The first-order chi connectivity index (χ1) is 17.2. The zero-order chi connectivity index (χ0) is 26.3. The summed E-state index contributed by atoms with van der Waals surface area (Å²) in [5.41, 5.74) is 19.6. The van der Waals surface area contributed by atoms with E-state index in [9.17, 15) is 0 Å². The van der Waals surface area contributed by atoms with E-state index < -0.39 is 20.4 Å². The predicted octanol–water partition coefficient (Wildman–Crippen LogP) is 4.26. The van der Waals surface area contributed by atoms with Gasteiger partial charge < -0.3 is 24.8 Å². The van der Waals surface area contributed by atoms with E-state index in [1.165, 1.54) is 37.8 Å². The molecule has 0 spiro atoms. The van der Waals surface area contributed by atoms with Gasteiger partial charge in [-0.05, 0) is 0 Å². The van der Waals surface area contributed by atoms with E-state index >= 15 is 0 Å². The van der Waals surface area contributed by atoms with Crippen LogP contribution in [0.1, 0.15) is 120 Å². The van der Waals surface area contributed by atoms with Gasteiger partial charge >= 0.3 is 231 Å². The minimum Gasteiger partial charge on any atom is -1.00 e. The largest absolute Gasteiger partial charge is 1.00 e.